The standard InChI is InChI=1S/C9H7ClFNO3/c10-6-3-5(1-2-7(6)11)12-4-15-9(14)8(12)13/h1-3,9,14H,4H2. The summed E-state index contributed by atoms with van der Waals surface area (Å²) in [4.78, 5) is 12.5. The van der Waals surface area contributed by atoms with Gasteiger partial charge >= 0.3 is 0 Å². The number of carbonyl (C=O) groups is 1. The molecule has 80 valence electrons. The molecule has 4 nitrogen and oxygen atoms in total. The summed E-state index contributed by atoms with van der Waals surface area (Å²) >= 11 is 5.56. The molecular formula is C9H7ClFNO3. The zero-order valence-electron chi connectivity index (χ0n) is 7.48. The molecule has 1 aromatic rings. The molecule has 1 fully saturated rings. The molecule has 15 heavy (non-hydrogen) atoms. The smallest absolute Gasteiger partial charge is 0.285 e. The van der Waals surface area contributed by atoms with Crippen LogP contribution in [0, 0.1) is 5.82 Å². The fourth-order valence-corrected chi connectivity index (χ4v) is 1.44. The summed E-state index contributed by atoms with van der Waals surface area (Å²) in [5.41, 5.74) is 0.392. The van der Waals surface area contributed by atoms with Gasteiger partial charge in [0.25, 0.3) is 5.91 Å². The highest BCUT2D eigenvalue weighted by Gasteiger charge is 2.31. The van der Waals surface area contributed by atoms with E-state index in [1.54, 1.807) is 0 Å². The average Bonchev–Trinajstić information content (AvgIpc) is 2.53. The molecule has 2 rings (SSSR count). The lowest BCUT2D eigenvalue weighted by molar-refractivity contribution is -0.139. The second kappa shape index (κ2) is 3.77. The minimum absolute atomic E-state index is 0.0675. The largest absolute Gasteiger partial charge is 0.360 e. The van der Waals surface area contributed by atoms with Crippen molar-refractivity contribution in [2.75, 3.05) is 11.6 Å². The van der Waals surface area contributed by atoms with Crippen molar-refractivity contribution in [3.8, 4) is 0 Å². The Balaban J connectivity index is 2.31. The Bertz CT molecular complexity index is 412. The third-order valence-electron chi connectivity index (χ3n) is 2.05. The second-order valence-corrected chi connectivity index (χ2v) is 3.42. The number of halogens is 2. The van der Waals surface area contributed by atoms with E-state index in [2.05, 4.69) is 0 Å². The zero-order chi connectivity index (χ0) is 11.0. The number of aliphatic hydroxyl groups excluding tert-OH is 1. The molecule has 0 bridgehead atoms. The van der Waals surface area contributed by atoms with Gasteiger partial charge in [0.05, 0.1) is 5.02 Å². The third kappa shape index (κ3) is 1.81. The molecule has 1 amide bonds. The predicted octanol–water partition coefficient (Wildman–Crippen LogP) is 1.12. The molecule has 6 heteroatoms. The number of amides is 1. The number of hydrogen-bond donors (Lipinski definition) is 1. The number of hydrogen-bond acceptors (Lipinski definition) is 3. The minimum Gasteiger partial charge on any atom is -0.360 e. The van der Waals surface area contributed by atoms with Gasteiger partial charge in [-0.2, -0.15) is 0 Å². The van der Waals surface area contributed by atoms with E-state index in [-0.39, 0.29) is 11.8 Å². The van der Waals surface area contributed by atoms with Crippen molar-refractivity contribution < 1.29 is 19.0 Å². The summed E-state index contributed by atoms with van der Waals surface area (Å²) in [5.74, 6) is -1.15. The predicted molar refractivity (Wildman–Crippen MR) is 50.9 cm³/mol. The van der Waals surface area contributed by atoms with Crippen LogP contribution in [0.1, 0.15) is 0 Å². The molecule has 1 heterocycles. The lowest BCUT2D eigenvalue weighted by Crippen LogP contribution is -2.29. The van der Waals surface area contributed by atoms with E-state index in [9.17, 15) is 9.18 Å². The van der Waals surface area contributed by atoms with Crippen molar-refractivity contribution in [2.45, 2.75) is 6.29 Å². The molecule has 1 aromatic carbocycles. The monoisotopic (exact) mass is 231 g/mol. The van der Waals surface area contributed by atoms with Crippen LogP contribution in [0.25, 0.3) is 0 Å². The molecule has 0 aliphatic carbocycles. The summed E-state index contributed by atoms with van der Waals surface area (Å²) in [5, 5.41) is 8.95. The van der Waals surface area contributed by atoms with E-state index in [1.165, 1.54) is 17.0 Å². The van der Waals surface area contributed by atoms with E-state index < -0.39 is 18.0 Å². The van der Waals surface area contributed by atoms with Gasteiger partial charge in [0, 0.05) is 5.69 Å². The van der Waals surface area contributed by atoms with Gasteiger partial charge in [-0.05, 0) is 18.2 Å². The van der Waals surface area contributed by atoms with Crippen molar-refractivity contribution in [2.24, 2.45) is 0 Å². The number of rotatable bonds is 1. The number of anilines is 1. The SMILES string of the molecule is O=C1C(O)OCN1c1ccc(F)c(Cl)c1. The van der Waals surface area contributed by atoms with Gasteiger partial charge in [-0.15, -0.1) is 0 Å². The molecule has 0 saturated carbocycles. The summed E-state index contributed by atoms with van der Waals surface area (Å²) in [6.45, 7) is -0.0675. The topological polar surface area (TPSA) is 49.8 Å². The maximum atomic E-state index is 12.8. The van der Waals surface area contributed by atoms with Gasteiger partial charge in [-0.3, -0.25) is 9.69 Å². The first-order chi connectivity index (χ1) is 7.09. The highest BCUT2D eigenvalue weighted by atomic mass is 35.5. The summed E-state index contributed by atoms with van der Waals surface area (Å²) in [7, 11) is 0. The molecule has 1 atom stereocenters. The van der Waals surface area contributed by atoms with Gasteiger partial charge in [-0.25, -0.2) is 4.39 Å². The molecule has 1 N–H and O–H groups in total. The van der Waals surface area contributed by atoms with Crippen molar-refractivity contribution in [3.63, 3.8) is 0 Å². The maximum Gasteiger partial charge on any atom is 0.285 e. The summed E-state index contributed by atoms with van der Waals surface area (Å²) < 4.78 is 17.5. The van der Waals surface area contributed by atoms with Crippen LogP contribution in [0.2, 0.25) is 5.02 Å². The van der Waals surface area contributed by atoms with Crippen LogP contribution in [0.3, 0.4) is 0 Å². The Morgan fingerprint density at radius 2 is 2.33 bits per heavy atom. The zero-order valence-corrected chi connectivity index (χ0v) is 8.24. The Morgan fingerprint density at radius 1 is 1.60 bits per heavy atom. The Morgan fingerprint density at radius 3 is 2.87 bits per heavy atom. The van der Waals surface area contributed by atoms with Gasteiger partial charge in [0.2, 0.25) is 6.29 Å². The third-order valence-corrected chi connectivity index (χ3v) is 2.34. The molecule has 0 radical (unpaired) electrons. The number of aliphatic hydroxyl groups is 1. The van der Waals surface area contributed by atoms with Crippen LogP contribution in [0.5, 0.6) is 0 Å². The first-order valence-electron chi connectivity index (χ1n) is 4.15. The first-order valence-corrected chi connectivity index (χ1v) is 4.53. The van der Waals surface area contributed by atoms with Gasteiger partial charge in [0.1, 0.15) is 12.5 Å². The lowest BCUT2D eigenvalue weighted by atomic mass is 10.3. The highest BCUT2D eigenvalue weighted by molar-refractivity contribution is 6.31. The summed E-state index contributed by atoms with van der Waals surface area (Å²) in [6, 6.07) is 3.84. The molecule has 1 aliphatic heterocycles. The Hall–Kier alpha value is -1.17. The summed E-state index contributed by atoms with van der Waals surface area (Å²) in [6.07, 6.45) is -1.45. The first kappa shape index (κ1) is 10.4. The molecular weight excluding hydrogens is 225 g/mol. The molecule has 1 saturated heterocycles. The van der Waals surface area contributed by atoms with Crippen LogP contribution in [0.4, 0.5) is 10.1 Å². The Labute approximate surface area is 89.8 Å². The van der Waals surface area contributed by atoms with E-state index >= 15 is 0 Å². The molecule has 0 aromatic heterocycles. The fraction of sp³-hybridized carbons (Fsp3) is 0.222. The number of benzene rings is 1. The van der Waals surface area contributed by atoms with Crippen molar-refractivity contribution in [3.05, 3.63) is 29.0 Å². The van der Waals surface area contributed by atoms with Crippen LogP contribution in [-0.4, -0.2) is 24.0 Å². The van der Waals surface area contributed by atoms with Crippen LogP contribution in [0.15, 0.2) is 18.2 Å². The fourth-order valence-electron chi connectivity index (χ4n) is 1.27. The van der Waals surface area contributed by atoms with E-state index in [0.29, 0.717) is 5.69 Å². The van der Waals surface area contributed by atoms with Crippen LogP contribution >= 0.6 is 11.6 Å². The van der Waals surface area contributed by atoms with E-state index in [0.717, 1.165) is 6.07 Å². The van der Waals surface area contributed by atoms with Crippen molar-refractivity contribution in [1.82, 2.24) is 0 Å². The minimum atomic E-state index is -1.45. The van der Waals surface area contributed by atoms with E-state index in [4.69, 9.17) is 21.4 Å². The van der Waals surface area contributed by atoms with Crippen LogP contribution in [-0.2, 0) is 9.53 Å². The van der Waals surface area contributed by atoms with Crippen LogP contribution < -0.4 is 4.90 Å². The second-order valence-electron chi connectivity index (χ2n) is 3.01. The number of ether oxygens (including phenoxy) is 1. The lowest BCUT2D eigenvalue weighted by Gasteiger charge is -2.13. The Kier molecular flexibility index (Phi) is 2.60. The van der Waals surface area contributed by atoms with Gasteiger partial charge in [-0.1, -0.05) is 11.6 Å². The average molecular weight is 232 g/mol. The number of nitrogens with zero attached hydrogens (tertiary/aromatic N) is 1. The van der Waals surface area contributed by atoms with Gasteiger partial charge < -0.3 is 9.84 Å². The van der Waals surface area contributed by atoms with E-state index in [1.807, 2.05) is 0 Å². The maximum absolute atomic E-state index is 12.8. The number of carbonyl (C=O) groups excluding carboxylic acids is 1. The molecule has 1 unspecified atom stereocenters. The highest BCUT2D eigenvalue weighted by Crippen LogP contribution is 2.25. The quantitative estimate of drug-likeness (QED) is 0.788. The normalized spacial score (nSPS) is 21.1. The molecule has 1 aliphatic rings. The molecule has 0 spiro atoms. The van der Waals surface area contributed by atoms with Crippen molar-refractivity contribution >= 4 is 23.2 Å². The van der Waals surface area contributed by atoms with Crippen molar-refractivity contribution in [1.29, 1.82) is 0 Å². The van der Waals surface area contributed by atoms with Gasteiger partial charge in [0.15, 0.2) is 0 Å².